The number of hydrogen-bond donors (Lipinski definition) is 2. The van der Waals surface area contributed by atoms with Crippen molar-refractivity contribution in [1.82, 2.24) is 15.0 Å². The monoisotopic (exact) mass is 434 g/mol. The molecule has 1 saturated heterocycles. The summed E-state index contributed by atoms with van der Waals surface area (Å²) in [6, 6.07) is 8.11. The molecule has 2 amide bonds. The van der Waals surface area contributed by atoms with Crippen LogP contribution in [0.4, 0.5) is 8.78 Å². The van der Waals surface area contributed by atoms with E-state index in [1.54, 1.807) is 31.3 Å². The highest BCUT2D eigenvalue weighted by atomic mass is 32.1. The molecule has 1 aliphatic rings. The van der Waals surface area contributed by atoms with Crippen molar-refractivity contribution in [3.8, 4) is 21.8 Å². The number of amides is 2. The van der Waals surface area contributed by atoms with E-state index in [2.05, 4.69) is 10.1 Å². The first-order valence-electron chi connectivity index (χ1n) is 8.85. The summed E-state index contributed by atoms with van der Waals surface area (Å²) in [4.78, 5) is 28.5. The van der Waals surface area contributed by atoms with Crippen LogP contribution < -0.4 is 5.73 Å². The largest absolute Gasteiger partial charge is 0.373 e. The van der Waals surface area contributed by atoms with Crippen LogP contribution in [-0.4, -0.2) is 45.6 Å². The molecule has 0 saturated carbocycles. The van der Waals surface area contributed by atoms with Gasteiger partial charge in [-0.05, 0) is 6.07 Å². The van der Waals surface area contributed by atoms with Gasteiger partial charge in [0.15, 0.2) is 5.76 Å². The maximum Gasteiger partial charge on any atom is 0.275 e. The summed E-state index contributed by atoms with van der Waals surface area (Å²) in [6.07, 6.45) is -2.69. The lowest BCUT2D eigenvalue weighted by Gasteiger charge is -2.16. The van der Waals surface area contributed by atoms with E-state index >= 15 is 0 Å². The average Bonchev–Trinajstić information content (AvgIpc) is 3.44. The van der Waals surface area contributed by atoms with Crippen LogP contribution in [0.15, 0.2) is 34.9 Å². The lowest BCUT2D eigenvalue weighted by molar-refractivity contribution is -0.144. The second-order valence-electron chi connectivity index (χ2n) is 6.89. The van der Waals surface area contributed by atoms with Gasteiger partial charge in [0.05, 0.1) is 0 Å². The first-order valence-corrected chi connectivity index (χ1v) is 9.67. The van der Waals surface area contributed by atoms with Gasteiger partial charge in [-0.3, -0.25) is 9.59 Å². The third-order valence-electron chi connectivity index (χ3n) is 4.92. The van der Waals surface area contributed by atoms with Crippen molar-refractivity contribution in [3.63, 3.8) is 0 Å². The molecule has 0 radical (unpaired) electrons. The second kappa shape index (κ2) is 7.26. The average molecular weight is 434 g/mol. The molecule has 11 heteroatoms. The summed E-state index contributed by atoms with van der Waals surface area (Å²) in [7, 11) is 1.59. The number of aliphatic hydroxyl groups is 1. The SMILES string of the molecule is CN1CC[C@@](O)(c2cc(-c3cccc(-c4nc(C(N)=O)c(C(F)F)s4)c3)no2)C1=O. The van der Waals surface area contributed by atoms with E-state index in [4.69, 9.17) is 10.3 Å². The molecule has 1 fully saturated rings. The van der Waals surface area contributed by atoms with Crippen LogP contribution in [0.1, 0.15) is 34.0 Å². The van der Waals surface area contributed by atoms with Crippen molar-refractivity contribution in [3.05, 3.63) is 46.7 Å². The number of benzene rings is 1. The molecule has 1 aromatic carbocycles. The molecule has 0 bridgehead atoms. The molecule has 0 unspecified atom stereocenters. The highest BCUT2D eigenvalue weighted by molar-refractivity contribution is 7.15. The van der Waals surface area contributed by atoms with Gasteiger partial charge in [-0.15, -0.1) is 11.3 Å². The Hall–Kier alpha value is -3.18. The van der Waals surface area contributed by atoms with Crippen LogP contribution in [0.3, 0.4) is 0 Å². The minimum absolute atomic E-state index is 0.0301. The van der Waals surface area contributed by atoms with Crippen LogP contribution in [0.2, 0.25) is 0 Å². The van der Waals surface area contributed by atoms with Crippen molar-refractivity contribution in [2.24, 2.45) is 5.73 Å². The fraction of sp³-hybridized carbons (Fsp3) is 0.263. The Balaban J connectivity index is 1.69. The van der Waals surface area contributed by atoms with Gasteiger partial charge >= 0.3 is 0 Å². The van der Waals surface area contributed by atoms with Crippen molar-refractivity contribution >= 4 is 23.2 Å². The van der Waals surface area contributed by atoms with Gasteiger partial charge in [0, 0.05) is 37.2 Å². The normalized spacial score (nSPS) is 19.1. The van der Waals surface area contributed by atoms with Gasteiger partial charge in [-0.1, -0.05) is 23.4 Å². The van der Waals surface area contributed by atoms with Gasteiger partial charge in [-0.25, -0.2) is 13.8 Å². The van der Waals surface area contributed by atoms with Crippen molar-refractivity contribution in [2.75, 3.05) is 13.6 Å². The van der Waals surface area contributed by atoms with Gasteiger partial charge in [0.1, 0.15) is 21.3 Å². The highest BCUT2D eigenvalue weighted by Gasteiger charge is 2.48. The quantitative estimate of drug-likeness (QED) is 0.636. The van der Waals surface area contributed by atoms with Gasteiger partial charge in [0.2, 0.25) is 5.60 Å². The summed E-state index contributed by atoms with van der Waals surface area (Å²) in [6.45, 7) is 0.388. The van der Waals surface area contributed by atoms with Crippen LogP contribution in [-0.2, 0) is 10.4 Å². The number of halogens is 2. The van der Waals surface area contributed by atoms with E-state index in [-0.39, 0.29) is 17.2 Å². The second-order valence-corrected chi connectivity index (χ2v) is 7.92. The lowest BCUT2D eigenvalue weighted by Crippen LogP contribution is -2.35. The molecule has 1 aliphatic heterocycles. The third-order valence-corrected chi connectivity index (χ3v) is 6.03. The number of nitrogens with two attached hydrogens (primary N) is 1. The maximum absolute atomic E-state index is 13.2. The number of likely N-dealkylation sites (N-methyl/N-ethyl adjacent to an activating group) is 1. The molecule has 3 N–H and O–H groups in total. The minimum atomic E-state index is -2.87. The molecule has 4 rings (SSSR count). The number of aromatic nitrogens is 2. The molecule has 156 valence electrons. The van der Waals surface area contributed by atoms with Crippen molar-refractivity contribution in [2.45, 2.75) is 18.4 Å². The zero-order valence-electron chi connectivity index (χ0n) is 15.6. The Bertz CT molecular complexity index is 1150. The van der Waals surface area contributed by atoms with Crippen LogP contribution >= 0.6 is 11.3 Å². The zero-order valence-corrected chi connectivity index (χ0v) is 16.4. The smallest absolute Gasteiger partial charge is 0.275 e. The van der Waals surface area contributed by atoms with E-state index < -0.39 is 34.4 Å². The van der Waals surface area contributed by atoms with Crippen LogP contribution in [0.25, 0.3) is 21.8 Å². The van der Waals surface area contributed by atoms with E-state index in [9.17, 15) is 23.5 Å². The number of thiazole rings is 1. The molecule has 2 aromatic heterocycles. The first-order chi connectivity index (χ1) is 14.2. The molecule has 3 heterocycles. The standard InChI is InChI=1S/C19H16F2N4O4S/c1-25-6-5-19(28,18(25)27)12-8-11(24-29-12)9-3-2-4-10(7-9)17-23-13(16(22)26)14(30-17)15(20)21/h2-4,7-8,15,28H,5-6H2,1H3,(H2,22,26)/t19-/m1/s1. The number of rotatable bonds is 5. The van der Waals surface area contributed by atoms with Crippen molar-refractivity contribution < 1.29 is 28.0 Å². The maximum atomic E-state index is 13.2. The van der Waals surface area contributed by atoms with E-state index in [0.717, 1.165) is 0 Å². The molecule has 30 heavy (non-hydrogen) atoms. The zero-order chi connectivity index (χ0) is 21.6. The Morgan fingerprint density at radius 2 is 2.10 bits per heavy atom. The molecule has 3 aromatic rings. The van der Waals surface area contributed by atoms with Gasteiger partial charge in [0.25, 0.3) is 18.2 Å². The number of primary amides is 1. The number of likely N-dealkylation sites (tertiary alicyclic amines) is 1. The number of carbonyl (C=O) groups is 2. The summed E-state index contributed by atoms with van der Waals surface area (Å²) in [5, 5.41) is 14.8. The fourth-order valence-corrected chi connectivity index (χ4v) is 4.20. The predicted molar refractivity (Wildman–Crippen MR) is 103 cm³/mol. The number of carbonyl (C=O) groups excluding carboxylic acids is 2. The summed E-state index contributed by atoms with van der Waals surface area (Å²) in [5.74, 6) is -1.47. The first kappa shape index (κ1) is 20.1. The molecule has 0 spiro atoms. The minimum Gasteiger partial charge on any atom is -0.373 e. The molecule has 1 atom stereocenters. The predicted octanol–water partition coefficient (Wildman–Crippen LogP) is 2.55. The lowest BCUT2D eigenvalue weighted by atomic mass is 9.98. The van der Waals surface area contributed by atoms with E-state index in [1.165, 1.54) is 11.0 Å². The topological polar surface area (TPSA) is 123 Å². The number of nitrogens with zero attached hydrogens (tertiary/aromatic N) is 3. The molecule has 0 aliphatic carbocycles. The van der Waals surface area contributed by atoms with Gasteiger partial charge < -0.3 is 20.3 Å². The van der Waals surface area contributed by atoms with Crippen LogP contribution in [0, 0.1) is 0 Å². The third kappa shape index (κ3) is 3.25. The Kier molecular flexibility index (Phi) is 4.86. The number of alkyl halides is 2. The summed E-state index contributed by atoms with van der Waals surface area (Å²) in [5.41, 5.74) is 4.32. The summed E-state index contributed by atoms with van der Waals surface area (Å²) >= 11 is 0.682. The molecule has 8 nitrogen and oxygen atoms in total. The summed E-state index contributed by atoms with van der Waals surface area (Å²) < 4.78 is 31.6. The Morgan fingerprint density at radius 3 is 2.70 bits per heavy atom. The van der Waals surface area contributed by atoms with Gasteiger partial charge in [-0.2, -0.15) is 0 Å². The van der Waals surface area contributed by atoms with E-state index in [0.29, 0.717) is 34.7 Å². The highest BCUT2D eigenvalue weighted by Crippen LogP contribution is 2.37. The van der Waals surface area contributed by atoms with Crippen molar-refractivity contribution in [1.29, 1.82) is 0 Å². The number of hydrogen-bond acceptors (Lipinski definition) is 7. The van der Waals surface area contributed by atoms with Crippen LogP contribution in [0.5, 0.6) is 0 Å². The molecular formula is C19H16F2N4O4S. The molecular weight excluding hydrogens is 418 g/mol. The Morgan fingerprint density at radius 1 is 1.37 bits per heavy atom. The fourth-order valence-electron chi connectivity index (χ4n) is 3.28. The van der Waals surface area contributed by atoms with E-state index in [1.807, 2.05) is 0 Å². The Labute approximate surface area is 172 Å².